The van der Waals surface area contributed by atoms with Gasteiger partial charge in [0.05, 0.1) is 0 Å². The molecule has 3 amide bonds. The van der Waals surface area contributed by atoms with Crippen molar-refractivity contribution in [1.29, 1.82) is 0 Å². The summed E-state index contributed by atoms with van der Waals surface area (Å²) in [4.78, 5) is 65.2. The fourth-order valence-corrected chi connectivity index (χ4v) is 6.32. The maximum absolute atomic E-state index is 14.0. The number of Topliss-reactive ketones (excluding diaryl/α,β-unsaturated/α-hetero) is 1. The molecule has 1 saturated heterocycles. The van der Waals surface area contributed by atoms with Gasteiger partial charge in [-0.1, -0.05) is 33.1 Å². The summed E-state index contributed by atoms with van der Waals surface area (Å²) < 4.78 is 5.44. The predicted octanol–water partition coefficient (Wildman–Crippen LogP) is 2.25. The van der Waals surface area contributed by atoms with E-state index in [1.807, 2.05) is 0 Å². The van der Waals surface area contributed by atoms with Gasteiger partial charge in [-0.2, -0.15) is 0 Å². The zero-order chi connectivity index (χ0) is 26.6. The number of fused-ring (bicyclic) bond motifs is 1. The van der Waals surface area contributed by atoms with Crippen molar-refractivity contribution in [2.45, 2.75) is 103 Å². The van der Waals surface area contributed by atoms with E-state index in [0.717, 1.165) is 32.1 Å². The van der Waals surface area contributed by atoms with Gasteiger partial charge in [0, 0.05) is 6.54 Å². The van der Waals surface area contributed by atoms with Gasteiger partial charge in [-0.15, -0.1) is 0 Å². The number of alkyl carbamates (subject to hydrolysis) is 1. The number of carbonyl (C=O) groups is 5. The van der Waals surface area contributed by atoms with Crippen LogP contribution in [-0.4, -0.2) is 69.4 Å². The highest BCUT2D eigenvalue weighted by atomic mass is 16.6. The van der Waals surface area contributed by atoms with Crippen molar-refractivity contribution in [3.05, 3.63) is 0 Å². The van der Waals surface area contributed by atoms with Crippen molar-refractivity contribution in [2.75, 3.05) is 6.54 Å². The lowest BCUT2D eigenvalue weighted by Crippen LogP contribution is -2.60. The molecule has 0 radical (unpaired) electrons. The molecule has 200 valence electrons. The van der Waals surface area contributed by atoms with Gasteiger partial charge in [0.2, 0.25) is 11.8 Å². The topological polar surface area (TPSA) is 142 Å². The first-order valence-corrected chi connectivity index (χ1v) is 13.1. The molecule has 1 unspecified atom stereocenters. The minimum absolute atomic E-state index is 0.0595. The van der Waals surface area contributed by atoms with Crippen molar-refractivity contribution in [3.8, 4) is 0 Å². The lowest BCUT2D eigenvalue weighted by Gasteiger charge is -2.37. The number of nitrogens with one attached hydrogen (secondary N) is 2. The Balaban J connectivity index is 1.56. The monoisotopic (exact) mass is 505 g/mol. The van der Waals surface area contributed by atoms with Crippen LogP contribution in [0.5, 0.6) is 0 Å². The van der Waals surface area contributed by atoms with Crippen LogP contribution in [0.25, 0.3) is 0 Å². The first kappa shape index (κ1) is 26.4. The molecule has 0 aromatic rings. The van der Waals surface area contributed by atoms with Gasteiger partial charge in [0.25, 0.3) is 5.78 Å². The number of hydrogen-bond acceptors (Lipinski definition) is 6. The van der Waals surface area contributed by atoms with Gasteiger partial charge in [-0.25, -0.2) is 9.59 Å². The summed E-state index contributed by atoms with van der Waals surface area (Å²) in [7, 11) is 0. The van der Waals surface area contributed by atoms with Gasteiger partial charge in [-0.05, 0) is 69.6 Å². The van der Waals surface area contributed by atoms with E-state index in [1.54, 1.807) is 25.7 Å². The Bertz CT molecular complexity index is 959. The van der Waals surface area contributed by atoms with E-state index in [0.29, 0.717) is 6.54 Å². The average molecular weight is 506 g/mol. The maximum Gasteiger partial charge on any atom is 0.408 e. The number of likely N-dealkylation sites (tertiary alicyclic amines) is 1. The minimum Gasteiger partial charge on any atom is -0.475 e. The highest BCUT2D eigenvalue weighted by Crippen LogP contribution is 2.65. The SMILES string of the molecule is CC(C)(C)OC(=O)N[C@H](C(=O)N1CC2[C@@H]([C@H]1C(=O)NC1(C(=O)C(=O)O)CC1)C2(C)C)C1CCCCC1. The predicted molar refractivity (Wildman–Crippen MR) is 129 cm³/mol. The van der Waals surface area contributed by atoms with E-state index in [4.69, 9.17) is 4.74 Å². The highest BCUT2D eigenvalue weighted by molar-refractivity contribution is 6.37. The molecule has 4 atom stereocenters. The Labute approximate surface area is 211 Å². The first-order chi connectivity index (χ1) is 16.7. The number of aliphatic carboxylic acids is 1. The molecule has 0 spiro atoms. The van der Waals surface area contributed by atoms with E-state index in [-0.39, 0.29) is 41.9 Å². The van der Waals surface area contributed by atoms with Gasteiger partial charge < -0.3 is 25.4 Å². The molecule has 10 heteroatoms. The van der Waals surface area contributed by atoms with Crippen molar-refractivity contribution in [2.24, 2.45) is 23.2 Å². The Morgan fingerprint density at radius 1 is 1.03 bits per heavy atom. The van der Waals surface area contributed by atoms with Crippen LogP contribution in [0.2, 0.25) is 0 Å². The van der Waals surface area contributed by atoms with Crippen molar-refractivity contribution in [1.82, 2.24) is 15.5 Å². The second kappa shape index (κ2) is 9.03. The molecule has 3 saturated carbocycles. The third-order valence-electron chi connectivity index (χ3n) is 8.56. The number of nitrogens with zero attached hydrogens (tertiary/aromatic N) is 1. The molecular formula is C26H39N3O7. The molecule has 0 bridgehead atoms. The molecular weight excluding hydrogens is 466 g/mol. The van der Waals surface area contributed by atoms with Gasteiger partial charge in [-0.3, -0.25) is 14.4 Å². The summed E-state index contributed by atoms with van der Waals surface area (Å²) in [6.07, 6.45) is 4.48. The van der Waals surface area contributed by atoms with E-state index in [1.165, 1.54) is 0 Å². The van der Waals surface area contributed by atoms with Crippen LogP contribution in [0.15, 0.2) is 0 Å². The Morgan fingerprint density at radius 2 is 1.64 bits per heavy atom. The lowest BCUT2D eigenvalue weighted by molar-refractivity contribution is -0.151. The largest absolute Gasteiger partial charge is 0.475 e. The van der Waals surface area contributed by atoms with Crippen LogP contribution < -0.4 is 10.6 Å². The number of ether oxygens (including phenoxy) is 1. The number of carboxylic acids is 1. The molecule has 36 heavy (non-hydrogen) atoms. The number of carboxylic acid groups (broad SMARTS) is 1. The van der Waals surface area contributed by atoms with E-state index >= 15 is 0 Å². The van der Waals surface area contributed by atoms with Crippen LogP contribution in [0, 0.1) is 23.2 Å². The van der Waals surface area contributed by atoms with Crippen LogP contribution in [0.3, 0.4) is 0 Å². The molecule has 3 N–H and O–H groups in total. The van der Waals surface area contributed by atoms with Crippen LogP contribution in [0.4, 0.5) is 4.79 Å². The van der Waals surface area contributed by atoms with Crippen LogP contribution in [-0.2, 0) is 23.9 Å². The molecule has 4 rings (SSSR count). The fraction of sp³-hybridized carbons (Fsp3) is 0.808. The first-order valence-electron chi connectivity index (χ1n) is 13.1. The van der Waals surface area contributed by atoms with Crippen molar-refractivity contribution < 1.29 is 33.8 Å². The fourth-order valence-electron chi connectivity index (χ4n) is 6.32. The standard InChI is InChI=1S/C26H39N3O7/c1-24(2,3)36-23(35)27-17(14-9-7-6-8-10-14)21(32)29-13-15-16(25(15,4)5)18(29)20(31)28-26(11-12-26)19(30)22(33)34/h14-18H,6-13H2,1-5H3,(H,27,35)(H,28,31)(H,33,34)/t15?,16-,17-,18-/m0/s1. The number of hydrogen-bond donors (Lipinski definition) is 3. The Morgan fingerprint density at radius 3 is 2.17 bits per heavy atom. The minimum atomic E-state index is -1.57. The third-order valence-corrected chi connectivity index (χ3v) is 8.56. The lowest BCUT2D eigenvalue weighted by atomic mass is 9.83. The molecule has 3 aliphatic carbocycles. The summed E-state index contributed by atoms with van der Waals surface area (Å²) in [6.45, 7) is 9.76. The second-order valence-electron chi connectivity index (χ2n) is 12.6. The third kappa shape index (κ3) is 4.95. The zero-order valence-electron chi connectivity index (χ0n) is 21.9. The number of ketones is 1. The summed E-state index contributed by atoms with van der Waals surface area (Å²) in [5.41, 5.74) is -2.25. The van der Waals surface area contributed by atoms with Gasteiger partial charge in [0.15, 0.2) is 0 Å². The van der Waals surface area contributed by atoms with E-state index in [9.17, 15) is 29.1 Å². The molecule has 1 heterocycles. The summed E-state index contributed by atoms with van der Waals surface area (Å²) >= 11 is 0. The number of piperidine rings is 1. The number of carbonyl (C=O) groups excluding carboxylic acids is 4. The summed E-state index contributed by atoms with van der Waals surface area (Å²) in [5.74, 6) is -3.43. The molecule has 1 aliphatic heterocycles. The van der Waals surface area contributed by atoms with E-state index < -0.39 is 47.0 Å². The van der Waals surface area contributed by atoms with Crippen molar-refractivity contribution in [3.63, 3.8) is 0 Å². The molecule has 0 aromatic carbocycles. The molecule has 0 aromatic heterocycles. The molecule has 10 nitrogen and oxygen atoms in total. The van der Waals surface area contributed by atoms with Crippen LogP contribution in [0.1, 0.15) is 79.6 Å². The smallest absolute Gasteiger partial charge is 0.408 e. The normalized spacial score (nSPS) is 28.9. The Hall–Kier alpha value is -2.65. The number of rotatable bonds is 7. The summed E-state index contributed by atoms with van der Waals surface area (Å²) in [6, 6.07) is -1.63. The molecule has 4 fully saturated rings. The van der Waals surface area contributed by atoms with Gasteiger partial charge >= 0.3 is 12.1 Å². The maximum atomic E-state index is 14.0. The average Bonchev–Trinajstić information content (AvgIpc) is 3.59. The van der Waals surface area contributed by atoms with Crippen molar-refractivity contribution >= 4 is 29.7 Å². The summed E-state index contributed by atoms with van der Waals surface area (Å²) in [5, 5.41) is 14.7. The quantitative estimate of drug-likeness (QED) is 0.451. The Kier molecular flexibility index (Phi) is 6.62. The van der Waals surface area contributed by atoms with Gasteiger partial charge in [0.1, 0.15) is 23.2 Å². The zero-order valence-corrected chi connectivity index (χ0v) is 21.9. The van der Waals surface area contributed by atoms with E-state index in [2.05, 4.69) is 24.5 Å². The highest BCUT2D eigenvalue weighted by Gasteiger charge is 2.70. The second-order valence-corrected chi connectivity index (χ2v) is 12.6. The van der Waals surface area contributed by atoms with Crippen LogP contribution >= 0.6 is 0 Å². The number of amides is 3. The molecule has 4 aliphatic rings.